The van der Waals surface area contributed by atoms with Crippen LogP contribution in [0.3, 0.4) is 0 Å². The van der Waals surface area contributed by atoms with Crippen molar-refractivity contribution in [2.75, 3.05) is 31.5 Å². The maximum atomic E-state index is 12.7. The fraction of sp³-hybridized carbons (Fsp3) is 0.281. The summed E-state index contributed by atoms with van der Waals surface area (Å²) in [6, 6.07) is 25.5. The highest BCUT2D eigenvalue weighted by Gasteiger charge is 2.23. The molecule has 1 fully saturated rings. The average molecular weight is 510 g/mol. The van der Waals surface area contributed by atoms with Crippen molar-refractivity contribution in [3.05, 3.63) is 114 Å². The Hall–Kier alpha value is -4.03. The third-order valence-electron chi connectivity index (χ3n) is 7.28. The molecule has 38 heavy (non-hydrogen) atoms. The summed E-state index contributed by atoms with van der Waals surface area (Å²) < 4.78 is 5.66. The van der Waals surface area contributed by atoms with Crippen LogP contribution in [0.2, 0.25) is 0 Å². The number of aromatic hydroxyl groups is 1. The summed E-state index contributed by atoms with van der Waals surface area (Å²) in [4.78, 5) is 17.3. The van der Waals surface area contributed by atoms with Gasteiger partial charge in [-0.05, 0) is 67.6 Å². The summed E-state index contributed by atoms with van der Waals surface area (Å²) >= 11 is 0. The van der Waals surface area contributed by atoms with Gasteiger partial charge in [-0.2, -0.15) is 0 Å². The lowest BCUT2D eigenvalue weighted by molar-refractivity contribution is -0.116. The molecule has 1 amide bonds. The number of nitrogens with zero attached hydrogens (tertiary/aromatic N) is 2. The number of aryl methyl sites for hydroxylation is 1. The first-order valence-corrected chi connectivity index (χ1v) is 13.4. The number of hydrogen-bond donors (Lipinski definition) is 2. The molecule has 0 atom stereocenters. The highest BCUT2D eigenvalue weighted by Crippen LogP contribution is 2.33. The van der Waals surface area contributed by atoms with Gasteiger partial charge in [-0.1, -0.05) is 60.7 Å². The van der Waals surface area contributed by atoms with Crippen molar-refractivity contribution in [2.24, 2.45) is 0 Å². The number of likely N-dealkylation sites (tertiary alicyclic amines) is 1. The lowest BCUT2D eigenvalue weighted by Crippen LogP contribution is -2.37. The molecule has 1 saturated heterocycles. The van der Waals surface area contributed by atoms with Crippen molar-refractivity contribution >= 4 is 17.4 Å². The van der Waals surface area contributed by atoms with Gasteiger partial charge >= 0.3 is 0 Å². The number of phenols is 1. The molecule has 5 rings (SSSR count). The molecule has 0 bridgehead atoms. The summed E-state index contributed by atoms with van der Waals surface area (Å²) in [7, 11) is 0. The second kappa shape index (κ2) is 12.5. The van der Waals surface area contributed by atoms with Gasteiger partial charge in [0.15, 0.2) is 0 Å². The molecule has 0 aromatic heterocycles. The smallest absolute Gasteiger partial charge is 0.224 e. The van der Waals surface area contributed by atoms with Gasteiger partial charge in [0.1, 0.15) is 17.8 Å². The molecule has 2 aliphatic rings. The molecule has 2 heterocycles. The first kappa shape index (κ1) is 25.6. The Morgan fingerprint density at radius 1 is 0.947 bits per heavy atom. The number of phenolic OH excluding ortho intramolecular Hbond substituents is 1. The molecular weight excluding hydrogens is 474 g/mol. The number of hydrogen-bond acceptors (Lipinski definition) is 5. The van der Waals surface area contributed by atoms with Crippen molar-refractivity contribution < 1.29 is 14.6 Å². The van der Waals surface area contributed by atoms with Gasteiger partial charge in [-0.15, -0.1) is 0 Å². The maximum Gasteiger partial charge on any atom is 0.224 e. The van der Waals surface area contributed by atoms with Gasteiger partial charge in [0.05, 0.1) is 0 Å². The fourth-order valence-electron chi connectivity index (χ4n) is 5.15. The van der Waals surface area contributed by atoms with E-state index in [4.69, 9.17) is 4.74 Å². The molecule has 6 nitrogen and oxygen atoms in total. The molecule has 0 spiro atoms. The average Bonchev–Trinajstić information content (AvgIpc) is 2.96. The molecule has 6 heteroatoms. The summed E-state index contributed by atoms with van der Waals surface area (Å²) in [5, 5.41) is 13.0. The Morgan fingerprint density at radius 2 is 1.74 bits per heavy atom. The standard InChI is InChI=1S/C32H35N3O3/c36-28-10-6-9-27(23-28)31-24-35(21-22-38-31)20-19-34-17-15-26(16-18-34)29-11-4-5-12-30(29)33-32(37)14-13-25-7-2-1-3-8-25/h1-12,21-24,26,36H,13-20H2,(H,33,37). The highest BCUT2D eigenvalue weighted by molar-refractivity contribution is 5.91. The monoisotopic (exact) mass is 509 g/mol. The van der Waals surface area contributed by atoms with Crippen LogP contribution >= 0.6 is 0 Å². The molecule has 0 unspecified atom stereocenters. The van der Waals surface area contributed by atoms with Crippen LogP contribution in [0.4, 0.5) is 5.69 Å². The summed E-state index contributed by atoms with van der Waals surface area (Å²) in [5.74, 6) is 1.46. The first-order valence-electron chi connectivity index (χ1n) is 13.4. The van der Waals surface area contributed by atoms with Crippen LogP contribution < -0.4 is 5.32 Å². The van der Waals surface area contributed by atoms with Gasteiger partial charge in [-0.25, -0.2) is 0 Å². The third kappa shape index (κ3) is 6.84. The largest absolute Gasteiger partial charge is 0.508 e. The van der Waals surface area contributed by atoms with E-state index in [1.807, 2.05) is 54.9 Å². The Morgan fingerprint density at radius 3 is 2.55 bits per heavy atom. The Bertz CT molecular complexity index is 1280. The fourth-order valence-corrected chi connectivity index (χ4v) is 5.15. The van der Waals surface area contributed by atoms with Crippen LogP contribution in [0.15, 0.2) is 97.5 Å². The number of anilines is 1. The molecular formula is C32H35N3O3. The number of carbonyl (C=O) groups excluding carboxylic acids is 1. The Labute approximate surface area is 224 Å². The number of para-hydroxylation sites is 1. The second-order valence-electron chi connectivity index (χ2n) is 9.92. The zero-order chi connectivity index (χ0) is 26.2. The number of rotatable bonds is 9. The molecule has 0 radical (unpaired) electrons. The minimum atomic E-state index is 0.0652. The number of carbonyl (C=O) groups is 1. The van der Waals surface area contributed by atoms with Crippen LogP contribution in [0.5, 0.6) is 5.75 Å². The van der Waals surface area contributed by atoms with E-state index in [-0.39, 0.29) is 11.7 Å². The van der Waals surface area contributed by atoms with Crippen molar-refractivity contribution in [2.45, 2.75) is 31.6 Å². The predicted molar refractivity (Wildman–Crippen MR) is 151 cm³/mol. The molecule has 0 saturated carbocycles. The first-order chi connectivity index (χ1) is 18.6. The number of ether oxygens (including phenoxy) is 1. The minimum Gasteiger partial charge on any atom is -0.508 e. The van der Waals surface area contributed by atoms with Crippen molar-refractivity contribution in [3.8, 4) is 5.75 Å². The van der Waals surface area contributed by atoms with E-state index >= 15 is 0 Å². The third-order valence-corrected chi connectivity index (χ3v) is 7.28. The molecule has 3 aromatic carbocycles. The van der Waals surface area contributed by atoms with Crippen LogP contribution in [-0.2, 0) is 16.0 Å². The number of benzene rings is 3. The van der Waals surface area contributed by atoms with Gasteiger partial charge in [-0.3, -0.25) is 4.79 Å². The van der Waals surface area contributed by atoms with Gasteiger partial charge in [0, 0.05) is 43.2 Å². The molecule has 2 aliphatic heterocycles. The van der Waals surface area contributed by atoms with Crippen LogP contribution in [0.25, 0.3) is 5.76 Å². The van der Waals surface area contributed by atoms with Crippen molar-refractivity contribution in [1.29, 1.82) is 0 Å². The van der Waals surface area contributed by atoms with Crippen LogP contribution in [0, 0.1) is 0 Å². The van der Waals surface area contributed by atoms with Crippen LogP contribution in [-0.4, -0.2) is 47.0 Å². The Kier molecular flexibility index (Phi) is 8.41. The summed E-state index contributed by atoms with van der Waals surface area (Å²) in [6.07, 6.45) is 8.98. The predicted octanol–water partition coefficient (Wildman–Crippen LogP) is 5.94. The van der Waals surface area contributed by atoms with E-state index in [1.54, 1.807) is 18.4 Å². The van der Waals surface area contributed by atoms with Gasteiger partial charge in [0.25, 0.3) is 0 Å². The number of amides is 1. The van der Waals surface area contributed by atoms with E-state index in [0.717, 1.165) is 62.5 Å². The van der Waals surface area contributed by atoms with E-state index in [2.05, 4.69) is 39.4 Å². The minimum absolute atomic E-state index is 0.0652. The quantitative estimate of drug-likeness (QED) is 0.374. The van der Waals surface area contributed by atoms with Crippen LogP contribution in [0.1, 0.15) is 41.9 Å². The molecule has 2 N–H and O–H groups in total. The highest BCUT2D eigenvalue weighted by atomic mass is 16.5. The van der Waals surface area contributed by atoms with E-state index < -0.39 is 0 Å². The SMILES string of the molecule is O=C(CCc1ccccc1)Nc1ccccc1C1CCN(CCN2C=COC(c3cccc(O)c3)=C2)CC1. The second-order valence-corrected chi connectivity index (χ2v) is 9.92. The lowest BCUT2D eigenvalue weighted by atomic mass is 9.88. The Balaban J connectivity index is 1.11. The lowest BCUT2D eigenvalue weighted by Gasteiger charge is -2.34. The van der Waals surface area contributed by atoms with Gasteiger partial charge < -0.3 is 25.0 Å². The van der Waals surface area contributed by atoms with Crippen molar-refractivity contribution in [3.63, 3.8) is 0 Å². The maximum absolute atomic E-state index is 12.7. The zero-order valence-electron chi connectivity index (χ0n) is 21.6. The normalized spacial score (nSPS) is 16.1. The topological polar surface area (TPSA) is 65.0 Å². The number of piperidine rings is 1. The van der Waals surface area contributed by atoms with Gasteiger partial charge in [0.2, 0.25) is 5.91 Å². The molecule has 0 aliphatic carbocycles. The number of nitrogens with one attached hydrogen (secondary N) is 1. The van der Waals surface area contributed by atoms with E-state index in [9.17, 15) is 9.90 Å². The zero-order valence-corrected chi connectivity index (χ0v) is 21.6. The van der Waals surface area contributed by atoms with E-state index in [1.165, 1.54) is 11.1 Å². The molecule has 196 valence electrons. The summed E-state index contributed by atoms with van der Waals surface area (Å²) in [5.41, 5.74) is 4.23. The van der Waals surface area contributed by atoms with Crippen molar-refractivity contribution in [1.82, 2.24) is 9.80 Å². The summed E-state index contributed by atoms with van der Waals surface area (Å²) in [6.45, 7) is 3.87. The van der Waals surface area contributed by atoms with E-state index in [0.29, 0.717) is 12.3 Å². The molecule has 3 aromatic rings.